The van der Waals surface area contributed by atoms with Gasteiger partial charge in [-0.25, -0.2) is 0 Å². The lowest BCUT2D eigenvalue weighted by molar-refractivity contribution is -0.121. The topological polar surface area (TPSA) is 70.2 Å². The summed E-state index contributed by atoms with van der Waals surface area (Å²) in [6, 6.07) is 9.68. The Labute approximate surface area is 107 Å². The minimum atomic E-state index is -0.140. The molecule has 1 aromatic rings. The summed E-state index contributed by atoms with van der Waals surface area (Å²) in [5.74, 6) is -0.269. The fourth-order valence-corrected chi connectivity index (χ4v) is 1.50. The van der Waals surface area contributed by atoms with E-state index in [0.29, 0.717) is 0 Å². The van der Waals surface area contributed by atoms with Crippen LogP contribution in [0.2, 0.25) is 0 Å². The number of carbonyl (C=O) groups excluding carboxylic acids is 2. The Morgan fingerprint density at radius 2 is 1.72 bits per heavy atom. The zero-order chi connectivity index (χ0) is 13.4. The normalized spacial score (nSPS) is 11.7. The molecule has 0 radical (unpaired) electrons. The van der Waals surface area contributed by atoms with Crippen molar-refractivity contribution in [3.05, 3.63) is 35.9 Å². The first-order valence-corrected chi connectivity index (χ1v) is 5.89. The summed E-state index contributed by atoms with van der Waals surface area (Å²) in [6.45, 7) is 2.19. The molecule has 0 aliphatic heterocycles. The van der Waals surface area contributed by atoms with Crippen LogP contribution in [0.4, 0.5) is 0 Å². The summed E-state index contributed by atoms with van der Waals surface area (Å²) in [4.78, 5) is 22.5. The summed E-state index contributed by atoms with van der Waals surface area (Å²) in [7, 11) is 1.56. The monoisotopic (exact) mass is 249 g/mol. The standard InChI is InChI=1S/C13H19N3O2/c1-10(11-6-4-3-5-7-11)16-13(18)9-15-8-12(17)14-2/h3-7,10,15H,8-9H2,1-2H3,(H,14,17)(H,16,18)/t10-/m0/s1. The second kappa shape index (κ2) is 7.45. The summed E-state index contributed by atoms with van der Waals surface area (Å²) < 4.78 is 0. The summed E-state index contributed by atoms with van der Waals surface area (Å²) >= 11 is 0. The fraction of sp³-hybridized carbons (Fsp3) is 0.385. The highest BCUT2D eigenvalue weighted by Gasteiger charge is 2.08. The highest BCUT2D eigenvalue weighted by atomic mass is 16.2. The molecule has 98 valence electrons. The highest BCUT2D eigenvalue weighted by molar-refractivity contribution is 5.81. The molecule has 0 aromatic heterocycles. The third-order valence-electron chi connectivity index (χ3n) is 2.53. The smallest absolute Gasteiger partial charge is 0.234 e. The number of nitrogens with one attached hydrogen (secondary N) is 3. The summed E-state index contributed by atoms with van der Waals surface area (Å²) in [5, 5.41) is 8.10. The van der Waals surface area contributed by atoms with Crippen molar-refractivity contribution >= 4 is 11.8 Å². The van der Waals surface area contributed by atoms with Crippen molar-refractivity contribution in [3.63, 3.8) is 0 Å². The average molecular weight is 249 g/mol. The highest BCUT2D eigenvalue weighted by Crippen LogP contribution is 2.10. The van der Waals surface area contributed by atoms with Gasteiger partial charge in [0.25, 0.3) is 0 Å². The molecular formula is C13H19N3O2. The van der Waals surface area contributed by atoms with Gasteiger partial charge in [0.05, 0.1) is 19.1 Å². The van der Waals surface area contributed by atoms with Crippen LogP contribution in [0.5, 0.6) is 0 Å². The third kappa shape index (κ3) is 4.97. The van der Waals surface area contributed by atoms with Gasteiger partial charge in [0.2, 0.25) is 11.8 Å². The predicted octanol–water partition coefficient (Wildman–Crippen LogP) is 0.199. The number of rotatable bonds is 6. The van der Waals surface area contributed by atoms with E-state index in [1.54, 1.807) is 7.05 Å². The second-order valence-electron chi connectivity index (χ2n) is 3.98. The van der Waals surface area contributed by atoms with E-state index in [4.69, 9.17) is 0 Å². The van der Waals surface area contributed by atoms with Crippen LogP contribution in [0.15, 0.2) is 30.3 Å². The van der Waals surface area contributed by atoms with Crippen LogP contribution in [0.3, 0.4) is 0 Å². The van der Waals surface area contributed by atoms with E-state index in [0.717, 1.165) is 5.56 Å². The van der Waals surface area contributed by atoms with E-state index in [9.17, 15) is 9.59 Å². The molecule has 0 aliphatic carbocycles. The molecule has 1 rings (SSSR count). The number of carbonyl (C=O) groups is 2. The van der Waals surface area contributed by atoms with Crippen molar-refractivity contribution in [2.45, 2.75) is 13.0 Å². The van der Waals surface area contributed by atoms with Crippen LogP contribution in [0, 0.1) is 0 Å². The van der Waals surface area contributed by atoms with Crippen LogP contribution in [-0.4, -0.2) is 32.0 Å². The zero-order valence-electron chi connectivity index (χ0n) is 10.7. The molecule has 3 N–H and O–H groups in total. The van der Waals surface area contributed by atoms with Crippen molar-refractivity contribution in [1.82, 2.24) is 16.0 Å². The van der Waals surface area contributed by atoms with Gasteiger partial charge in [0, 0.05) is 7.05 Å². The van der Waals surface area contributed by atoms with Crippen molar-refractivity contribution in [1.29, 1.82) is 0 Å². The van der Waals surface area contributed by atoms with E-state index in [1.165, 1.54) is 0 Å². The lowest BCUT2D eigenvalue weighted by Crippen LogP contribution is -2.39. The van der Waals surface area contributed by atoms with E-state index < -0.39 is 0 Å². The molecule has 1 atom stereocenters. The van der Waals surface area contributed by atoms with Crippen molar-refractivity contribution in [3.8, 4) is 0 Å². The molecule has 5 nitrogen and oxygen atoms in total. The van der Waals surface area contributed by atoms with E-state index in [-0.39, 0.29) is 30.9 Å². The van der Waals surface area contributed by atoms with Crippen LogP contribution < -0.4 is 16.0 Å². The maximum Gasteiger partial charge on any atom is 0.234 e. The number of hydrogen-bond acceptors (Lipinski definition) is 3. The van der Waals surface area contributed by atoms with Gasteiger partial charge in [0.1, 0.15) is 0 Å². The summed E-state index contributed by atoms with van der Waals surface area (Å²) in [5.41, 5.74) is 1.05. The first-order valence-electron chi connectivity index (χ1n) is 5.89. The number of likely N-dealkylation sites (N-methyl/N-ethyl adjacent to an activating group) is 1. The Morgan fingerprint density at radius 1 is 1.11 bits per heavy atom. The largest absolute Gasteiger partial charge is 0.358 e. The maximum absolute atomic E-state index is 11.6. The van der Waals surface area contributed by atoms with Gasteiger partial charge in [-0.15, -0.1) is 0 Å². The van der Waals surface area contributed by atoms with Gasteiger partial charge in [-0.3, -0.25) is 14.9 Å². The summed E-state index contributed by atoms with van der Waals surface area (Å²) in [6.07, 6.45) is 0. The maximum atomic E-state index is 11.6. The lowest BCUT2D eigenvalue weighted by Gasteiger charge is -2.14. The molecule has 5 heteroatoms. The number of hydrogen-bond donors (Lipinski definition) is 3. The first-order chi connectivity index (χ1) is 8.63. The van der Waals surface area contributed by atoms with Gasteiger partial charge >= 0.3 is 0 Å². The van der Waals surface area contributed by atoms with Crippen LogP contribution >= 0.6 is 0 Å². The predicted molar refractivity (Wildman–Crippen MR) is 69.9 cm³/mol. The van der Waals surface area contributed by atoms with E-state index in [1.807, 2.05) is 37.3 Å². The first kappa shape index (κ1) is 14.2. The molecule has 0 aliphatic rings. The lowest BCUT2D eigenvalue weighted by atomic mass is 10.1. The SMILES string of the molecule is CNC(=O)CNCC(=O)N[C@@H](C)c1ccccc1. The van der Waals surface area contributed by atoms with Crippen molar-refractivity contribution in [2.75, 3.05) is 20.1 Å². The Bertz CT molecular complexity index is 392. The van der Waals surface area contributed by atoms with Crippen LogP contribution in [0.1, 0.15) is 18.5 Å². The molecule has 0 heterocycles. The van der Waals surface area contributed by atoms with Gasteiger partial charge in [-0.1, -0.05) is 30.3 Å². The Morgan fingerprint density at radius 3 is 2.33 bits per heavy atom. The molecule has 0 bridgehead atoms. The minimum Gasteiger partial charge on any atom is -0.358 e. The molecule has 18 heavy (non-hydrogen) atoms. The van der Waals surface area contributed by atoms with E-state index in [2.05, 4.69) is 16.0 Å². The molecule has 2 amide bonds. The Hall–Kier alpha value is -1.88. The Balaban J connectivity index is 2.30. The van der Waals surface area contributed by atoms with Gasteiger partial charge < -0.3 is 10.6 Å². The molecule has 0 saturated heterocycles. The van der Waals surface area contributed by atoms with E-state index >= 15 is 0 Å². The van der Waals surface area contributed by atoms with Gasteiger partial charge in [-0.2, -0.15) is 0 Å². The number of benzene rings is 1. The average Bonchev–Trinajstić information content (AvgIpc) is 2.39. The molecular weight excluding hydrogens is 230 g/mol. The van der Waals surface area contributed by atoms with Crippen LogP contribution in [-0.2, 0) is 9.59 Å². The Kier molecular flexibility index (Phi) is 5.87. The minimum absolute atomic E-state index is 0.0412. The number of amides is 2. The van der Waals surface area contributed by atoms with Gasteiger partial charge in [0.15, 0.2) is 0 Å². The third-order valence-corrected chi connectivity index (χ3v) is 2.53. The fourth-order valence-electron chi connectivity index (χ4n) is 1.50. The molecule has 0 fully saturated rings. The van der Waals surface area contributed by atoms with Crippen LogP contribution in [0.25, 0.3) is 0 Å². The zero-order valence-corrected chi connectivity index (χ0v) is 10.7. The quantitative estimate of drug-likeness (QED) is 0.674. The molecule has 0 saturated carbocycles. The molecule has 1 aromatic carbocycles. The van der Waals surface area contributed by atoms with Gasteiger partial charge in [-0.05, 0) is 12.5 Å². The van der Waals surface area contributed by atoms with Crippen molar-refractivity contribution in [2.24, 2.45) is 0 Å². The second-order valence-corrected chi connectivity index (χ2v) is 3.98. The molecule has 0 unspecified atom stereocenters. The molecule has 0 spiro atoms. The van der Waals surface area contributed by atoms with Crippen molar-refractivity contribution < 1.29 is 9.59 Å².